The van der Waals surface area contributed by atoms with Gasteiger partial charge in [0.15, 0.2) is 17.9 Å². The molecular formula is C31H38FN7O2. The molecule has 0 amide bonds. The summed E-state index contributed by atoms with van der Waals surface area (Å²) in [6.07, 6.45) is 15.9. The molecule has 4 heterocycles. The monoisotopic (exact) mass is 559 g/mol. The lowest BCUT2D eigenvalue weighted by Gasteiger charge is -2.46. The fourth-order valence-corrected chi connectivity index (χ4v) is 6.82. The van der Waals surface area contributed by atoms with Crippen molar-refractivity contribution < 1.29 is 13.9 Å². The highest BCUT2D eigenvalue weighted by Crippen LogP contribution is 2.45. The molecule has 1 N–H and O–H groups in total. The van der Waals surface area contributed by atoms with E-state index in [-0.39, 0.29) is 5.56 Å². The van der Waals surface area contributed by atoms with Gasteiger partial charge in [-0.1, -0.05) is 0 Å². The molecule has 2 aromatic heterocycles. The van der Waals surface area contributed by atoms with Crippen molar-refractivity contribution in [3.63, 3.8) is 0 Å². The van der Waals surface area contributed by atoms with Crippen LogP contribution in [0.15, 0.2) is 43.2 Å². The summed E-state index contributed by atoms with van der Waals surface area (Å²) in [7, 11) is 0. The van der Waals surface area contributed by atoms with E-state index in [0.717, 1.165) is 37.4 Å². The van der Waals surface area contributed by atoms with E-state index in [2.05, 4.69) is 35.1 Å². The van der Waals surface area contributed by atoms with Gasteiger partial charge in [-0.25, -0.2) is 24.3 Å². The molecule has 6 rings (SSSR count). The molecule has 1 aromatic carbocycles. The summed E-state index contributed by atoms with van der Waals surface area (Å²) < 4.78 is 19.6. The molecule has 41 heavy (non-hydrogen) atoms. The summed E-state index contributed by atoms with van der Waals surface area (Å²) in [4.78, 5) is 33.5. The normalized spacial score (nSPS) is 21.2. The average molecular weight is 560 g/mol. The van der Waals surface area contributed by atoms with E-state index >= 15 is 0 Å². The molecule has 9 nitrogen and oxygen atoms in total. The smallest absolute Gasteiger partial charge is 0.188 e. The zero-order valence-electron chi connectivity index (χ0n) is 23.6. The minimum atomic E-state index is -0.478. The molecule has 216 valence electrons. The number of ether oxygens (including phenoxy) is 1. The van der Waals surface area contributed by atoms with E-state index < -0.39 is 5.82 Å². The SMILES string of the molecule is Cc1ncncc1NC1CCC2(CC1)CCN(CC1CCN(c3ncncc3Oc3ccc(F)cc3C=O)C1)CC2. The standard InChI is InChI=1S/C31H38FN7O2/c1-22-27(15-33-20-35-22)37-26-4-7-31(8-5-26)9-12-38(13-10-31)17-23-6-11-39(18-23)30-29(16-34-21-36-30)41-28-3-2-25(32)14-24(28)19-40/h2-3,14-16,19-21,23,26,37H,4-13,17-18H2,1H3. The molecule has 0 bridgehead atoms. The van der Waals surface area contributed by atoms with Gasteiger partial charge in [-0.2, -0.15) is 0 Å². The Kier molecular flexibility index (Phi) is 8.09. The number of anilines is 2. The third kappa shape index (κ3) is 6.32. The van der Waals surface area contributed by atoms with E-state index in [0.29, 0.717) is 41.0 Å². The number of benzene rings is 1. The summed E-state index contributed by atoms with van der Waals surface area (Å²) in [6, 6.07) is 4.43. The lowest BCUT2D eigenvalue weighted by Crippen LogP contribution is -2.45. The van der Waals surface area contributed by atoms with Crippen molar-refractivity contribution in [3.05, 3.63) is 60.3 Å². The van der Waals surface area contributed by atoms with E-state index in [1.165, 1.54) is 76.1 Å². The number of aryl methyl sites for hydroxylation is 1. The van der Waals surface area contributed by atoms with Crippen LogP contribution in [-0.4, -0.2) is 69.9 Å². The van der Waals surface area contributed by atoms with Crippen molar-refractivity contribution in [2.75, 3.05) is 42.9 Å². The second kappa shape index (κ2) is 12.1. The van der Waals surface area contributed by atoms with Crippen LogP contribution in [0.4, 0.5) is 15.9 Å². The Bertz CT molecular complexity index is 1350. The first kappa shape index (κ1) is 27.5. The van der Waals surface area contributed by atoms with Gasteiger partial charge in [-0.15, -0.1) is 0 Å². The predicted molar refractivity (Wildman–Crippen MR) is 155 cm³/mol. The van der Waals surface area contributed by atoms with Gasteiger partial charge in [-0.05, 0) is 94.5 Å². The number of halogens is 1. The molecule has 3 fully saturated rings. The number of aldehydes is 1. The van der Waals surface area contributed by atoms with Crippen molar-refractivity contribution in [3.8, 4) is 11.5 Å². The first-order valence-corrected chi connectivity index (χ1v) is 14.7. The molecule has 1 saturated carbocycles. The van der Waals surface area contributed by atoms with Gasteiger partial charge in [0.2, 0.25) is 0 Å². The maximum atomic E-state index is 13.6. The number of rotatable bonds is 8. The van der Waals surface area contributed by atoms with Crippen LogP contribution in [0.5, 0.6) is 11.5 Å². The number of likely N-dealkylation sites (tertiary alicyclic amines) is 1. The number of carbonyl (C=O) groups excluding carboxylic acids is 1. The second-order valence-corrected chi connectivity index (χ2v) is 12.0. The van der Waals surface area contributed by atoms with Crippen LogP contribution in [0.25, 0.3) is 0 Å². The molecular weight excluding hydrogens is 521 g/mol. The van der Waals surface area contributed by atoms with Crippen LogP contribution < -0.4 is 15.0 Å². The molecule has 3 aliphatic rings. The highest BCUT2D eigenvalue weighted by molar-refractivity contribution is 5.79. The van der Waals surface area contributed by atoms with Gasteiger partial charge in [0, 0.05) is 25.7 Å². The largest absolute Gasteiger partial charge is 0.451 e. The third-order valence-corrected chi connectivity index (χ3v) is 9.31. The number of piperidine rings is 1. The van der Waals surface area contributed by atoms with Crippen molar-refractivity contribution >= 4 is 17.8 Å². The van der Waals surface area contributed by atoms with Crippen molar-refractivity contribution in [2.24, 2.45) is 11.3 Å². The molecule has 0 radical (unpaired) electrons. The van der Waals surface area contributed by atoms with Gasteiger partial charge >= 0.3 is 0 Å². The molecule has 1 atom stereocenters. The summed E-state index contributed by atoms with van der Waals surface area (Å²) in [5, 5.41) is 3.68. The Morgan fingerprint density at radius 2 is 1.80 bits per heavy atom. The molecule has 1 unspecified atom stereocenters. The van der Waals surface area contributed by atoms with Crippen molar-refractivity contribution in [1.29, 1.82) is 0 Å². The summed E-state index contributed by atoms with van der Waals surface area (Å²) >= 11 is 0. The lowest BCUT2D eigenvalue weighted by molar-refractivity contribution is 0.0584. The highest BCUT2D eigenvalue weighted by Gasteiger charge is 2.39. The molecule has 2 saturated heterocycles. The molecule has 1 spiro atoms. The van der Waals surface area contributed by atoms with Gasteiger partial charge in [0.25, 0.3) is 0 Å². The van der Waals surface area contributed by atoms with E-state index in [4.69, 9.17) is 4.74 Å². The Morgan fingerprint density at radius 1 is 1.02 bits per heavy atom. The fourth-order valence-electron chi connectivity index (χ4n) is 6.82. The molecule has 10 heteroatoms. The zero-order valence-corrected chi connectivity index (χ0v) is 23.6. The van der Waals surface area contributed by atoms with Crippen molar-refractivity contribution in [2.45, 2.75) is 57.9 Å². The van der Waals surface area contributed by atoms with E-state index in [1.54, 1.807) is 12.5 Å². The first-order valence-electron chi connectivity index (χ1n) is 14.7. The highest BCUT2D eigenvalue weighted by atomic mass is 19.1. The second-order valence-electron chi connectivity index (χ2n) is 12.0. The van der Waals surface area contributed by atoms with E-state index in [9.17, 15) is 9.18 Å². The van der Waals surface area contributed by atoms with Crippen LogP contribution in [0, 0.1) is 24.1 Å². The maximum absolute atomic E-state index is 13.6. The van der Waals surface area contributed by atoms with E-state index in [1.807, 2.05) is 13.1 Å². The summed E-state index contributed by atoms with van der Waals surface area (Å²) in [5.74, 6) is 1.56. The number of hydrogen-bond acceptors (Lipinski definition) is 9. The molecule has 3 aromatic rings. The third-order valence-electron chi connectivity index (χ3n) is 9.31. The summed E-state index contributed by atoms with van der Waals surface area (Å²) in [5.41, 5.74) is 2.73. The van der Waals surface area contributed by atoms with Gasteiger partial charge < -0.3 is 19.9 Å². The minimum Gasteiger partial charge on any atom is -0.451 e. The minimum absolute atomic E-state index is 0.160. The quantitative estimate of drug-likeness (QED) is 0.370. The predicted octanol–water partition coefficient (Wildman–Crippen LogP) is 5.28. The number of nitrogens with zero attached hydrogens (tertiary/aromatic N) is 6. The van der Waals surface area contributed by atoms with Crippen LogP contribution >= 0.6 is 0 Å². The van der Waals surface area contributed by atoms with Crippen LogP contribution in [-0.2, 0) is 0 Å². The number of hydrogen-bond donors (Lipinski definition) is 1. The Labute approximate surface area is 240 Å². The van der Waals surface area contributed by atoms with Gasteiger partial charge in [-0.3, -0.25) is 4.79 Å². The fraction of sp³-hybridized carbons (Fsp3) is 0.516. The van der Waals surface area contributed by atoms with Crippen LogP contribution in [0.3, 0.4) is 0 Å². The lowest BCUT2D eigenvalue weighted by atomic mass is 9.67. The van der Waals surface area contributed by atoms with Crippen LogP contribution in [0.1, 0.15) is 61.0 Å². The van der Waals surface area contributed by atoms with Gasteiger partial charge in [0.05, 0.1) is 29.3 Å². The first-order chi connectivity index (χ1) is 20.0. The molecule has 1 aliphatic carbocycles. The topological polar surface area (TPSA) is 96.4 Å². The number of aromatic nitrogens is 4. The average Bonchev–Trinajstić information content (AvgIpc) is 3.46. The van der Waals surface area contributed by atoms with Crippen molar-refractivity contribution in [1.82, 2.24) is 24.8 Å². The Balaban J connectivity index is 0.994. The zero-order chi connectivity index (χ0) is 28.2. The number of nitrogens with one attached hydrogen (secondary N) is 1. The Morgan fingerprint density at radius 3 is 2.59 bits per heavy atom. The Hall–Kier alpha value is -3.66. The summed E-state index contributed by atoms with van der Waals surface area (Å²) in [6.45, 7) is 7.25. The number of carbonyl (C=O) groups is 1. The maximum Gasteiger partial charge on any atom is 0.188 e. The van der Waals surface area contributed by atoms with Crippen LogP contribution in [0.2, 0.25) is 0 Å². The van der Waals surface area contributed by atoms with Gasteiger partial charge in [0.1, 0.15) is 24.2 Å². The molecule has 2 aliphatic heterocycles.